The van der Waals surface area contributed by atoms with Crippen molar-refractivity contribution in [1.82, 2.24) is 15.3 Å². The van der Waals surface area contributed by atoms with Crippen molar-refractivity contribution in [2.24, 2.45) is 0 Å². The summed E-state index contributed by atoms with van der Waals surface area (Å²) >= 11 is 0. The molecule has 0 radical (unpaired) electrons. The van der Waals surface area contributed by atoms with Crippen molar-refractivity contribution < 1.29 is 0 Å². The predicted molar refractivity (Wildman–Crippen MR) is 80.0 cm³/mol. The molecule has 5 heteroatoms. The topological polar surface area (TPSA) is 61.0 Å². The second-order valence-electron chi connectivity index (χ2n) is 4.92. The van der Waals surface area contributed by atoms with Gasteiger partial charge in [0.2, 0.25) is 0 Å². The molecule has 1 aliphatic rings. The Morgan fingerprint density at radius 3 is 2.70 bits per heavy atom. The molecule has 20 heavy (non-hydrogen) atoms. The number of aromatic nitrogens is 2. The summed E-state index contributed by atoms with van der Waals surface area (Å²) < 4.78 is 0. The Kier molecular flexibility index (Phi) is 3.78. The Hall–Kier alpha value is -2.14. The van der Waals surface area contributed by atoms with Gasteiger partial charge in [0.25, 0.3) is 5.56 Å². The number of rotatable bonds is 2. The first-order valence-electron chi connectivity index (χ1n) is 6.94. The minimum atomic E-state index is -0.127. The van der Waals surface area contributed by atoms with Crippen LogP contribution in [0, 0.1) is 0 Å². The fraction of sp³-hybridized carbons (Fsp3) is 0.333. The lowest BCUT2D eigenvalue weighted by Crippen LogP contribution is -2.27. The van der Waals surface area contributed by atoms with E-state index in [2.05, 4.69) is 32.3 Å². The van der Waals surface area contributed by atoms with Gasteiger partial charge in [-0.3, -0.25) is 4.79 Å². The molecule has 1 aromatic carbocycles. The van der Waals surface area contributed by atoms with Crippen molar-refractivity contribution in [3.63, 3.8) is 0 Å². The van der Waals surface area contributed by atoms with Gasteiger partial charge in [-0.2, -0.15) is 0 Å². The molecule has 3 rings (SSSR count). The van der Waals surface area contributed by atoms with Crippen molar-refractivity contribution in [1.29, 1.82) is 0 Å². The van der Waals surface area contributed by atoms with Crippen LogP contribution >= 0.6 is 0 Å². The number of nitrogens with zero attached hydrogens (tertiary/aromatic N) is 2. The van der Waals surface area contributed by atoms with Gasteiger partial charge in [-0.15, -0.1) is 0 Å². The fourth-order valence-corrected chi connectivity index (χ4v) is 2.45. The number of nitrogens with one attached hydrogen (secondary N) is 2. The molecule has 0 atom stereocenters. The Morgan fingerprint density at radius 2 is 1.90 bits per heavy atom. The van der Waals surface area contributed by atoms with Gasteiger partial charge in [0.15, 0.2) is 0 Å². The van der Waals surface area contributed by atoms with Gasteiger partial charge in [0.05, 0.1) is 0 Å². The zero-order valence-electron chi connectivity index (χ0n) is 11.3. The average Bonchev–Trinajstić information content (AvgIpc) is 2.76. The van der Waals surface area contributed by atoms with Crippen LogP contribution in [-0.2, 0) is 0 Å². The molecule has 5 nitrogen and oxygen atoms in total. The molecule has 2 N–H and O–H groups in total. The van der Waals surface area contributed by atoms with Crippen LogP contribution in [0.1, 0.15) is 6.42 Å². The fourth-order valence-electron chi connectivity index (χ4n) is 2.45. The van der Waals surface area contributed by atoms with Gasteiger partial charge < -0.3 is 15.2 Å². The molecule has 1 saturated heterocycles. The summed E-state index contributed by atoms with van der Waals surface area (Å²) in [5.74, 6) is 0.613. The quantitative estimate of drug-likeness (QED) is 0.862. The van der Waals surface area contributed by atoms with Crippen LogP contribution in [0.15, 0.2) is 41.3 Å². The minimum Gasteiger partial charge on any atom is -0.370 e. The highest BCUT2D eigenvalue weighted by atomic mass is 16.1. The summed E-state index contributed by atoms with van der Waals surface area (Å²) in [5, 5.41) is 3.40. The molecule has 0 bridgehead atoms. The summed E-state index contributed by atoms with van der Waals surface area (Å²) in [6.45, 7) is 4.21. The monoisotopic (exact) mass is 270 g/mol. The second kappa shape index (κ2) is 5.88. The third-order valence-electron chi connectivity index (χ3n) is 3.52. The van der Waals surface area contributed by atoms with E-state index in [1.165, 1.54) is 18.0 Å². The first-order chi connectivity index (χ1) is 9.83. The average molecular weight is 270 g/mol. The van der Waals surface area contributed by atoms with Crippen LogP contribution < -0.4 is 15.8 Å². The number of anilines is 1. The number of aromatic amines is 1. The van der Waals surface area contributed by atoms with Crippen LogP contribution in [0.2, 0.25) is 0 Å². The second-order valence-corrected chi connectivity index (χ2v) is 4.92. The molecule has 0 amide bonds. The summed E-state index contributed by atoms with van der Waals surface area (Å²) in [5.41, 5.74) is 2.02. The standard InChI is InChI=1S/C15H18N4O/c20-14-6-8-17-15(18-14)12-2-4-13(5-3-12)19-10-1-7-16-9-11-19/h2-6,8,16H,1,7,9-11H2,(H,17,18,20). The van der Waals surface area contributed by atoms with Gasteiger partial charge in [-0.25, -0.2) is 4.98 Å². The molecule has 0 aliphatic carbocycles. The van der Waals surface area contributed by atoms with E-state index in [4.69, 9.17) is 0 Å². The van der Waals surface area contributed by atoms with Crippen molar-refractivity contribution in [3.8, 4) is 11.4 Å². The SMILES string of the molecule is O=c1ccnc(-c2ccc(N3CCCNCC3)cc2)[nH]1. The number of benzene rings is 1. The normalized spacial score (nSPS) is 15.9. The molecule has 1 aliphatic heterocycles. The van der Waals surface area contributed by atoms with Crippen molar-refractivity contribution >= 4 is 5.69 Å². The lowest BCUT2D eigenvalue weighted by atomic mass is 10.1. The number of H-pyrrole nitrogens is 1. The third kappa shape index (κ3) is 2.88. The van der Waals surface area contributed by atoms with Crippen LogP contribution in [0.4, 0.5) is 5.69 Å². The molecule has 0 unspecified atom stereocenters. The largest absolute Gasteiger partial charge is 0.370 e. The zero-order valence-corrected chi connectivity index (χ0v) is 11.3. The molecule has 0 saturated carbocycles. The maximum atomic E-state index is 11.3. The molecule has 2 heterocycles. The summed E-state index contributed by atoms with van der Waals surface area (Å²) in [4.78, 5) is 20.6. The van der Waals surface area contributed by atoms with Crippen LogP contribution in [-0.4, -0.2) is 36.1 Å². The molecule has 0 spiro atoms. The predicted octanol–water partition coefficient (Wildman–Crippen LogP) is 1.24. The Morgan fingerprint density at radius 1 is 1.05 bits per heavy atom. The Labute approximate surface area is 117 Å². The lowest BCUT2D eigenvalue weighted by Gasteiger charge is -2.22. The third-order valence-corrected chi connectivity index (χ3v) is 3.52. The van der Waals surface area contributed by atoms with Gasteiger partial charge in [0.1, 0.15) is 5.82 Å². The summed E-state index contributed by atoms with van der Waals surface area (Å²) in [6, 6.07) is 9.61. The first kappa shape index (κ1) is 12.9. The van der Waals surface area contributed by atoms with Crippen molar-refractivity contribution in [2.75, 3.05) is 31.1 Å². The van der Waals surface area contributed by atoms with Gasteiger partial charge in [-0.1, -0.05) is 0 Å². The van der Waals surface area contributed by atoms with Crippen molar-refractivity contribution in [2.45, 2.75) is 6.42 Å². The number of hydrogen-bond acceptors (Lipinski definition) is 4. The van der Waals surface area contributed by atoms with E-state index in [0.29, 0.717) is 5.82 Å². The van der Waals surface area contributed by atoms with E-state index in [1.807, 2.05) is 12.1 Å². The van der Waals surface area contributed by atoms with Crippen LogP contribution in [0.3, 0.4) is 0 Å². The highest BCUT2D eigenvalue weighted by molar-refractivity contribution is 5.60. The van der Waals surface area contributed by atoms with E-state index in [1.54, 1.807) is 0 Å². The summed E-state index contributed by atoms with van der Waals surface area (Å²) in [6.07, 6.45) is 2.69. The molecular weight excluding hydrogens is 252 g/mol. The van der Waals surface area contributed by atoms with Gasteiger partial charge >= 0.3 is 0 Å². The first-order valence-corrected chi connectivity index (χ1v) is 6.94. The van der Waals surface area contributed by atoms with E-state index in [-0.39, 0.29) is 5.56 Å². The van der Waals surface area contributed by atoms with E-state index in [9.17, 15) is 4.79 Å². The maximum Gasteiger partial charge on any atom is 0.251 e. The van der Waals surface area contributed by atoms with E-state index in [0.717, 1.165) is 38.2 Å². The van der Waals surface area contributed by atoms with Crippen LogP contribution in [0.25, 0.3) is 11.4 Å². The maximum absolute atomic E-state index is 11.3. The van der Waals surface area contributed by atoms with Crippen LogP contribution in [0.5, 0.6) is 0 Å². The lowest BCUT2D eigenvalue weighted by molar-refractivity contribution is 0.724. The molecule has 1 fully saturated rings. The van der Waals surface area contributed by atoms with Crippen molar-refractivity contribution in [3.05, 3.63) is 46.9 Å². The number of hydrogen-bond donors (Lipinski definition) is 2. The Balaban J connectivity index is 1.82. The highest BCUT2D eigenvalue weighted by Gasteiger charge is 2.09. The van der Waals surface area contributed by atoms with E-state index >= 15 is 0 Å². The molecule has 104 valence electrons. The zero-order chi connectivity index (χ0) is 13.8. The highest BCUT2D eigenvalue weighted by Crippen LogP contribution is 2.20. The molecule has 1 aromatic heterocycles. The smallest absolute Gasteiger partial charge is 0.251 e. The minimum absolute atomic E-state index is 0.127. The Bertz CT molecular complexity index is 612. The van der Waals surface area contributed by atoms with Gasteiger partial charge in [-0.05, 0) is 37.2 Å². The summed E-state index contributed by atoms with van der Waals surface area (Å²) in [7, 11) is 0. The molecular formula is C15H18N4O. The van der Waals surface area contributed by atoms with Gasteiger partial charge in [0, 0.05) is 43.1 Å². The molecule has 2 aromatic rings. The van der Waals surface area contributed by atoms with E-state index < -0.39 is 0 Å².